The molecule has 1 saturated carbocycles. The number of hydrogen-bond donors (Lipinski definition) is 1. The van der Waals surface area contributed by atoms with Crippen molar-refractivity contribution in [1.82, 2.24) is 19.3 Å². The molecule has 0 bridgehead atoms. The Bertz CT molecular complexity index is 1210. The highest BCUT2D eigenvalue weighted by Crippen LogP contribution is 2.37. The molecule has 172 valence electrons. The van der Waals surface area contributed by atoms with Crippen molar-refractivity contribution in [2.75, 3.05) is 11.1 Å². The Balaban J connectivity index is 1.50. The molecule has 2 heterocycles. The number of nitrogens with zero attached hydrogens (tertiary/aromatic N) is 5. The third kappa shape index (κ3) is 4.69. The summed E-state index contributed by atoms with van der Waals surface area (Å²) in [6.07, 6.45) is 5.78. The standard InChI is InChI=1S/C25H30N6OS/c1-16-9-8-10-19(13-16)23-28-29-25(30(23)4)33-15-22(32)27-24-21(14-26)17(2)18(3)31(24)20-11-6-5-7-12-20/h8-10,13,20H,5-7,11-12,15H2,1-4H3,(H,27,32). The largest absolute Gasteiger partial charge is 0.327 e. The molecule has 0 aliphatic heterocycles. The van der Waals surface area contributed by atoms with Crippen LogP contribution in [0.25, 0.3) is 11.4 Å². The minimum Gasteiger partial charge on any atom is -0.327 e. The number of amides is 1. The van der Waals surface area contributed by atoms with Gasteiger partial charge in [-0.25, -0.2) is 0 Å². The lowest BCUT2D eigenvalue weighted by Crippen LogP contribution is -2.22. The van der Waals surface area contributed by atoms with Crippen molar-refractivity contribution < 1.29 is 4.79 Å². The van der Waals surface area contributed by atoms with E-state index in [0.717, 1.165) is 41.1 Å². The summed E-state index contributed by atoms with van der Waals surface area (Å²) in [6.45, 7) is 6.05. The zero-order chi connectivity index (χ0) is 23.5. The molecule has 0 radical (unpaired) electrons. The third-order valence-electron chi connectivity index (χ3n) is 6.51. The second-order valence-electron chi connectivity index (χ2n) is 8.78. The normalized spacial score (nSPS) is 14.3. The van der Waals surface area contributed by atoms with Crippen LogP contribution in [0, 0.1) is 32.1 Å². The Hall–Kier alpha value is -3.05. The number of rotatable bonds is 6. The first-order chi connectivity index (χ1) is 15.9. The fraction of sp³-hybridized carbons (Fsp3) is 0.440. The molecule has 1 aliphatic rings. The molecular weight excluding hydrogens is 432 g/mol. The zero-order valence-electron chi connectivity index (χ0n) is 19.7. The van der Waals surface area contributed by atoms with Gasteiger partial charge in [-0.15, -0.1) is 10.2 Å². The van der Waals surface area contributed by atoms with E-state index in [-0.39, 0.29) is 11.7 Å². The van der Waals surface area contributed by atoms with Crippen molar-refractivity contribution in [3.8, 4) is 17.5 Å². The summed E-state index contributed by atoms with van der Waals surface area (Å²) >= 11 is 1.35. The van der Waals surface area contributed by atoms with Crippen molar-refractivity contribution in [3.05, 3.63) is 46.6 Å². The molecule has 1 N–H and O–H groups in total. The summed E-state index contributed by atoms with van der Waals surface area (Å²) < 4.78 is 4.10. The third-order valence-corrected chi connectivity index (χ3v) is 7.53. The molecule has 1 fully saturated rings. The number of thioether (sulfide) groups is 1. The van der Waals surface area contributed by atoms with E-state index in [4.69, 9.17) is 0 Å². The quantitative estimate of drug-likeness (QED) is 0.501. The molecular formula is C25H30N6OS. The Kier molecular flexibility index (Phi) is 6.89. The van der Waals surface area contributed by atoms with Crippen LogP contribution in [0.5, 0.6) is 0 Å². The van der Waals surface area contributed by atoms with E-state index in [9.17, 15) is 10.1 Å². The Morgan fingerprint density at radius 3 is 2.67 bits per heavy atom. The molecule has 4 rings (SSSR count). The Labute approximate surface area is 199 Å². The molecule has 0 unspecified atom stereocenters. The van der Waals surface area contributed by atoms with E-state index in [2.05, 4.69) is 32.2 Å². The van der Waals surface area contributed by atoms with E-state index < -0.39 is 0 Å². The highest BCUT2D eigenvalue weighted by molar-refractivity contribution is 7.99. The summed E-state index contributed by atoms with van der Waals surface area (Å²) in [7, 11) is 1.91. The monoisotopic (exact) mass is 462 g/mol. The van der Waals surface area contributed by atoms with E-state index in [0.29, 0.717) is 22.6 Å². The van der Waals surface area contributed by atoms with Crippen molar-refractivity contribution in [3.63, 3.8) is 0 Å². The lowest BCUT2D eigenvalue weighted by molar-refractivity contribution is -0.113. The predicted molar refractivity (Wildman–Crippen MR) is 131 cm³/mol. The zero-order valence-corrected chi connectivity index (χ0v) is 20.5. The summed E-state index contributed by atoms with van der Waals surface area (Å²) in [6, 6.07) is 10.8. The van der Waals surface area contributed by atoms with Crippen molar-refractivity contribution in [2.45, 2.75) is 64.1 Å². The fourth-order valence-electron chi connectivity index (χ4n) is 4.66. The van der Waals surface area contributed by atoms with Gasteiger partial charge in [0, 0.05) is 24.3 Å². The molecule has 1 aliphatic carbocycles. The molecule has 1 aromatic carbocycles. The minimum absolute atomic E-state index is 0.147. The van der Waals surface area contributed by atoms with E-state index >= 15 is 0 Å². The average Bonchev–Trinajstić information content (AvgIpc) is 3.29. The average molecular weight is 463 g/mol. The smallest absolute Gasteiger partial charge is 0.235 e. The second-order valence-corrected chi connectivity index (χ2v) is 9.72. The van der Waals surface area contributed by atoms with Crippen LogP contribution in [0.1, 0.15) is 60.5 Å². The van der Waals surface area contributed by atoms with Gasteiger partial charge >= 0.3 is 0 Å². The van der Waals surface area contributed by atoms with E-state index in [1.54, 1.807) is 0 Å². The maximum Gasteiger partial charge on any atom is 0.235 e. The first-order valence-corrected chi connectivity index (χ1v) is 12.4. The first-order valence-electron chi connectivity index (χ1n) is 11.4. The maximum atomic E-state index is 12.9. The first kappa shape index (κ1) is 23.1. The van der Waals surface area contributed by atoms with Crippen LogP contribution >= 0.6 is 11.8 Å². The molecule has 1 amide bonds. The molecule has 0 spiro atoms. The van der Waals surface area contributed by atoms with Crippen molar-refractivity contribution in [2.24, 2.45) is 7.05 Å². The molecule has 3 aromatic rings. The van der Waals surface area contributed by atoms with Gasteiger partial charge in [0.1, 0.15) is 11.9 Å². The number of hydrogen-bond acceptors (Lipinski definition) is 5. The number of nitriles is 1. The van der Waals surface area contributed by atoms with E-state index in [1.807, 2.05) is 50.6 Å². The number of aryl methyl sites for hydroxylation is 1. The highest BCUT2D eigenvalue weighted by atomic mass is 32.2. The molecule has 0 saturated heterocycles. The van der Waals surface area contributed by atoms with Crippen LogP contribution < -0.4 is 5.32 Å². The SMILES string of the molecule is Cc1cccc(-c2nnc(SCC(=O)Nc3c(C#N)c(C)c(C)n3C3CCCCC3)n2C)c1. The molecule has 33 heavy (non-hydrogen) atoms. The molecule has 2 aromatic heterocycles. The van der Waals surface area contributed by atoms with Crippen LogP contribution in [0.3, 0.4) is 0 Å². The van der Waals surface area contributed by atoms with Crippen LogP contribution in [-0.2, 0) is 11.8 Å². The summed E-state index contributed by atoms with van der Waals surface area (Å²) in [5.74, 6) is 1.46. The van der Waals surface area contributed by atoms with Crippen LogP contribution in [0.4, 0.5) is 5.82 Å². The predicted octanol–water partition coefficient (Wildman–Crippen LogP) is 5.32. The Morgan fingerprint density at radius 1 is 1.21 bits per heavy atom. The number of benzene rings is 1. The minimum atomic E-state index is -0.147. The molecule has 7 nitrogen and oxygen atoms in total. The van der Waals surface area contributed by atoms with Gasteiger partial charge in [-0.05, 0) is 45.2 Å². The topological polar surface area (TPSA) is 88.5 Å². The van der Waals surface area contributed by atoms with Crippen LogP contribution in [-0.4, -0.2) is 31.0 Å². The van der Waals surface area contributed by atoms with Gasteiger partial charge in [0.15, 0.2) is 11.0 Å². The number of aromatic nitrogens is 4. The second kappa shape index (κ2) is 9.84. The number of carbonyl (C=O) groups excluding carboxylic acids is 1. The van der Waals surface area contributed by atoms with Gasteiger partial charge < -0.3 is 14.5 Å². The highest BCUT2D eigenvalue weighted by Gasteiger charge is 2.26. The molecule has 8 heteroatoms. The number of anilines is 1. The van der Waals surface area contributed by atoms with Crippen molar-refractivity contribution >= 4 is 23.5 Å². The number of carbonyl (C=O) groups is 1. The van der Waals surface area contributed by atoms with Gasteiger partial charge in [-0.3, -0.25) is 4.79 Å². The Morgan fingerprint density at radius 2 is 1.97 bits per heavy atom. The van der Waals surface area contributed by atoms with Gasteiger partial charge in [0.05, 0.1) is 11.3 Å². The van der Waals surface area contributed by atoms with E-state index in [1.165, 1.54) is 31.0 Å². The van der Waals surface area contributed by atoms with Gasteiger partial charge in [0.25, 0.3) is 0 Å². The molecule has 0 atom stereocenters. The number of nitrogens with one attached hydrogen (secondary N) is 1. The summed E-state index contributed by atoms with van der Waals surface area (Å²) in [5.41, 5.74) is 4.73. The summed E-state index contributed by atoms with van der Waals surface area (Å²) in [4.78, 5) is 12.9. The van der Waals surface area contributed by atoms with Crippen LogP contribution in [0.2, 0.25) is 0 Å². The fourth-order valence-corrected chi connectivity index (χ4v) is 5.37. The van der Waals surface area contributed by atoms with Gasteiger partial charge in [-0.1, -0.05) is 54.8 Å². The van der Waals surface area contributed by atoms with Crippen molar-refractivity contribution in [1.29, 1.82) is 5.26 Å². The van der Waals surface area contributed by atoms with Gasteiger partial charge in [-0.2, -0.15) is 5.26 Å². The van der Waals surface area contributed by atoms with Crippen LogP contribution in [0.15, 0.2) is 29.4 Å². The lowest BCUT2D eigenvalue weighted by Gasteiger charge is -2.27. The lowest BCUT2D eigenvalue weighted by atomic mass is 9.95. The summed E-state index contributed by atoms with van der Waals surface area (Å²) in [5, 5.41) is 22.1. The van der Waals surface area contributed by atoms with Gasteiger partial charge in [0.2, 0.25) is 5.91 Å². The maximum absolute atomic E-state index is 12.9.